The fourth-order valence-electron chi connectivity index (χ4n) is 3.34. The molecular weight excluding hydrogens is 232 g/mol. The van der Waals surface area contributed by atoms with Crippen molar-refractivity contribution in [1.29, 1.82) is 0 Å². The lowest BCUT2D eigenvalue weighted by atomic mass is 9.99. The molecule has 4 heteroatoms. The molecule has 3 nitrogen and oxygen atoms in total. The van der Waals surface area contributed by atoms with Crippen molar-refractivity contribution in [3.8, 4) is 0 Å². The van der Waals surface area contributed by atoms with Gasteiger partial charge in [-0.25, -0.2) is 0 Å². The van der Waals surface area contributed by atoms with Crippen molar-refractivity contribution in [2.24, 2.45) is 0 Å². The quantitative estimate of drug-likeness (QED) is 0.678. The average molecular weight is 256 g/mol. The molecule has 0 aromatic heterocycles. The lowest BCUT2D eigenvalue weighted by molar-refractivity contribution is -0.0441. The lowest BCUT2D eigenvalue weighted by Crippen LogP contribution is -2.32. The summed E-state index contributed by atoms with van der Waals surface area (Å²) in [5.74, 6) is 2.11. The lowest BCUT2D eigenvalue weighted by Gasteiger charge is -2.31. The smallest absolute Gasteiger partial charge is 0.165 e. The minimum Gasteiger partial charge on any atom is -0.494 e. The van der Waals surface area contributed by atoms with Crippen molar-refractivity contribution >= 4 is 10.2 Å². The Bertz CT molecular complexity index is 325. The molecule has 0 aliphatic heterocycles. The number of fused-ring (bicyclic) bond motifs is 2. The maximum Gasteiger partial charge on any atom is 0.165 e. The van der Waals surface area contributed by atoms with Crippen molar-refractivity contribution in [2.75, 3.05) is 19.8 Å². The zero-order chi connectivity index (χ0) is 12.5. The predicted octanol–water partition coefficient (Wildman–Crippen LogP) is 1.77. The molecule has 1 fully saturated rings. The van der Waals surface area contributed by atoms with E-state index in [0.29, 0.717) is 6.61 Å². The van der Waals surface area contributed by atoms with Crippen LogP contribution in [0, 0.1) is 0 Å². The SMILES string of the molecule is CCOC1=C(OCC)C2(OCC)CCC1([SiH3])C2. The van der Waals surface area contributed by atoms with Crippen molar-refractivity contribution in [3.63, 3.8) is 0 Å². The summed E-state index contributed by atoms with van der Waals surface area (Å²) >= 11 is 0. The van der Waals surface area contributed by atoms with Crippen LogP contribution >= 0.6 is 0 Å². The first-order valence-corrected chi connectivity index (χ1v) is 7.76. The highest BCUT2D eigenvalue weighted by atomic mass is 28.1. The minimum atomic E-state index is -0.170. The number of rotatable bonds is 6. The van der Waals surface area contributed by atoms with Gasteiger partial charge in [0.2, 0.25) is 0 Å². The number of ether oxygens (including phenoxy) is 3. The van der Waals surface area contributed by atoms with Crippen LogP contribution in [0.3, 0.4) is 0 Å². The zero-order valence-corrected chi connectivity index (χ0v) is 13.5. The van der Waals surface area contributed by atoms with Crippen LogP contribution in [0.5, 0.6) is 0 Å². The Kier molecular flexibility index (Phi) is 3.55. The monoisotopic (exact) mass is 256 g/mol. The van der Waals surface area contributed by atoms with Crippen LogP contribution in [-0.2, 0) is 14.2 Å². The first-order valence-electron chi connectivity index (χ1n) is 6.76. The van der Waals surface area contributed by atoms with Gasteiger partial charge in [0.05, 0.1) is 13.2 Å². The summed E-state index contributed by atoms with van der Waals surface area (Å²) in [5.41, 5.74) is -0.170. The normalized spacial score (nSPS) is 35.7. The predicted molar refractivity (Wildman–Crippen MR) is 71.1 cm³/mol. The number of hydrogen-bond donors (Lipinski definition) is 0. The third kappa shape index (κ3) is 1.91. The molecular formula is C13H24O3Si. The summed E-state index contributed by atoms with van der Waals surface area (Å²) in [5, 5.41) is 0.260. The molecule has 2 aliphatic rings. The molecule has 0 spiro atoms. The van der Waals surface area contributed by atoms with E-state index in [0.717, 1.165) is 47.8 Å². The van der Waals surface area contributed by atoms with Gasteiger partial charge in [-0.15, -0.1) is 0 Å². The van der Waals surface area contributed by atoms with Crippen LogP contribution in [0.15, 0.2) is 11.5 Å². The second-order valence-electron chi connectivity index (χ2n) is 5.19. The highest BCUT2D eigenvalue weighted by Crippen LogP contribution is 2.64. The summed E-state index contributed by atoms with van der Waals surface area (Å²) in [4.78, 5) is 0. The van der Waals surface area contributed by atoms with E-state index < -0.39 is 0 Å². The van der Waals surface area contributed by atoms with Gasteiger partial charge < -0.3 is 14.2 Å². The average Bonchev–Trinajstić information content (AvgIpc) is 2.72. The molecule has 2 unspecified atom stereocenters. The maximum atomic E-state index is 6.05. The van der Waals surface area contributed by atoms with E-state index >= 15 is 0 Å². The molecule has 0 heterocycles. The largest absolute Gasteiger partial charge is 0.494 e. The Morgan fingerprint density at radius 2 is 1.65 bits per heavy atom. The van der Waals surface area contributed by atoms with Crippen LogP contribution in [0.25, 0.3) is 0 Å². The summed E-state index contributed by atoms with van der Waals surface area (Å²) in [6.07, 6.45) is 3.37. The molecule has 2 aliphatic carbocycles. The molecule has 0 aromatic rings. The highest BCUT2D eigenvalue weighted by Gasteiger charge is 2.60. The summed E-state index contributed by atoms with van der Waals surface area (Å²) in [6, 6.07) is 0. The molecule has 2 bridgehead atoms. The topological polar surface area (TPSA) is 27.7 Å². The van der Waals surface area contributed by atoms with Gasteiger partial charge in [0.1, 0.15) is 11.4 Å². The maximum absolute atomic E-state index is 6.05. The van der Waals surface area contributed by atoms with Crippen LogP contribution in [0.4, 0.5) is 0 Å². The third-order valence-corrected chi connectivity index (χ3v) is 5.23. The van der Waals surface area contributed by atoms with E-state index in [2.05, 4.69) is 6.92 Å². The van der Waals surface area contributed by atoms with Gasteiger partial charge in [-0.1, -0.05) is 0 Å². The van der Waals surface area contributed by atoms with E-state index in [4.69, 9.17) is 14.2 Å². The molecule has 0 saturated heterocycles. The first-order chi connectivity index (χ1) is 8.12. The van der Waals surface area contributed by atoms with E-state index in [1.54, 1.807) is 0 Å². The Labute approximate surface area is 107 Å². The number of allylic oxidation sites excluding steroid dienone is 1. The van der Waals surface area contributed by atoms with Gasteiger partial charge in [-0.2, -0.15) is 0 Å². The van der Waals surface area contributed by atoms with Crippen molar-refractivity contribution in [3.05, 3.63) is 11.5 Å². The molecule has 0 amide bonds. The van der Waals surface area contributed by atoms with Crippen molar-refractivity contribution in [1.82, 2.24) is 0 Å². The van der Waals surface area contributed by atoms with Gasteiger partial charge in [-0.05, 0) is 40.0 Å². The molecule has 17 heavy (non-hydrogen) atoms. The van der Waals surface area contributed by atoms with Crippen LogP contribution < -0.4 is 0 Å². The molecule has 0 aromatic carbocycles. The Hall–Kier alpha value is -0.483. The van der Waals surface area contributed by atoms with Gasteiger partial charge in [-0.3, -0.25) is 0 Å². The first kappa shape index (κ1) is 13.0. The summed E-state index contributed by atoms with van der Waals surface area (Å²) in [6.45, 7) is 8.29. The molecule has 1 saturated carbocycles. The van der Waals surface area contributed by atoms with Gasteiger partial charge >= 0.3 is 0 Å². The third-order valence-electron chi connectivity index (χ3n) is 3.92. The molecule has 0 radical (unpaired) electrons. The van der Waals surface area contributed by atoms with Gasteiger partial charge in [0.15, 0.2) is 5.76 Å². The minimum absolute atomic E-state index is 0.170. The second kappa shape index (κ2) is 4.65. The summed E-state index contributed by atoms with van der Waals surface area (Å²) < 4.78 is 17.8. The fraction of sp³-hybridized carbons (Fsp3) is 0.846. The van der Waals surface area contributed by atoms with Crippen LogP contribution in [-0.4, -0.2) is 35.7 Å². The standard InChI is InChI=1S/C13H24O3Si/c1-4-14-10-11(15-5-2)13(17)8-7-12(10,9-13)16-6-3/h4-9H2,1-3,17H3. The van der Waals surface area contributed by atoms with Crippen molar-refractivity contribution < 1.29 is 14.2 Å². The van der Waals surface area contributed by atoms with Crippen molar-refractivity contribution in [2.45, 2.75) is 50.7 Å². The van der Waals surface area contributed by atoms with Crippen LogP contribution in [0.2, 0.25) is 5.04 Å². The van der Waals surface area contributed by atoms with E-state index in [1.165, 1.54) is 6.42 Å². The second-order valence-corrected chi connectivity index (χ2v) is 7.10. The Morgan fingerprint density at radius 1 is 1.00 bits per heavy atom. The Morgan fingerprint density at radius 3 is 2.24 bits per heavy atom. The van der Waals surface area contributed by atoms with E-state index in [9.17, 15) is 0 Å². The van der Waals surface area contributed by atoms with Gasteiger partial charge in [0.25, 0.3) is 0 Å². The van der Waals surface area contributed by atoms with Crippen LogP contribution in [0.1, 0.15) is 40.0 Å². The fourth-order valence-corrected chi connectivity index (χ4v) is 4.54. The molecule has 2 rings (SSSR count). The molecule has 98 valence electrons. The van der Waals surface area contributed by atoms with E-state index in [1.807, 2.05) is 13.8 Å². The van der Waals surface area contributed by atoms with Gasteiger partial charge in [0, 0.05) is 21.9 Å². The number of hydrogen-bond acceptors (Lipinski definition) is 3. The highest BCUT2D eigenvalue weighted by molar-refractivity contribution is 6.18. The van der Waals surface area contributed by atoms with E-state index in [-0.39, 0.29) is 10.6 Å². The molecule has 2 atom stereocenters. The Balaban J connectivity index is 2.36. The molecule has 0 N–H and O–H groups in total. The zero-order valence-electron chi connectivity index (χ0n) is 11.5. The summed E-state index contributed by atoms with van der Waals surface area (Å²) in [7, 11) is 1.11.